The van der Waals surface area contributed by atoms with Crippen LogP contribution in [0.3, 0.4) is 0 Å². The van der Waals surface area contributed by atoms with Crippen LogP contribution in [0.15, 0.2) is 24.0 Å². The third-order valence-corrected chi connectivity index (χ3v) is 16.8. The second-order valence-corrected chi connectivity index (χ2v) is 24.7. The number of fused-ring (bicyclic) bond motifs is 5. The highest BCUT2D eigenvalue weighted by Crippen LogP contribution is 2.66. The zero-order chi connectivity index (χ0) is 44.8. The van der Waals surface area contributed by atoms with E-state index in [0.717, 1.165) is 6.33 Å². The van der Waals surface area contributed by atoms with Crippen LogP contribution in [0.2, 0.25) is 0 Å². The lowest BCUT2D eigenvalue weighted by atomic mass is 9.93. The average molecular weight is 948 g/mol. The van der Waals surface area contributed by atoms with Crippen molar-refractivity contribution in [3.05, 3.63) is 24.7 Å². The maximum Gasteiger partial charge on any atom is 0.392 e. The van der Waals surface area contributed by atoms with Crippen molar-refractivity contribution in [2.45, 2.75) is 103 Å². The van der Waals surface area contributed by atoms with Gasteiger partial charge in [0.2, 0.25) is 0 Å². The molecule has 7 unspecified atom stereocenters. The number of aliphatic hydroxyl groups is 1. The summed E-state index contributed by atoms with van der Waals surface area (Å²) in [6.45, 7) is -0.796. The largest absolute Gasteiger partial charge is 0.454 e. The molecule has 3 fully saturated rings. The zero-order valence-corrected chi connectivity index (χ0v) is 37.9. The number of carbonyl (C=O) groups is 2. The number of carbonyl (C=O) groups excluding carboxylic acids is 2. The number of aromatic nitrogens is 6. The number of hydrogen-bond donors (Lipinski definition) is 3. The van der Waals surface area contributed by atoms with E-state index >= 15 is 4.39 Å². The monoisotopic (exact) mass is 947 g/mol. The number of nitrogen functional groups attached to an aromatic ring is 2. The number of esters is 2. The molecule has 27 heteroatoms. The summed E-state index contributed by atoms with van der Waals surface area (Å²) < 4.78 is 95.4. The van der Waals surface area contributed by atoms with Crippen LogP contribution in [0, 0.1) is 16.7 Å². The highest BCUT2D eigenvalue weighted by Gasteiger charge is 2.55. The van der Waals surface area contributed by atoms with Gasteiger partial charge in [0, 0.05) is 34.9 Å². The Kier molecular flexibility index (Phi) is 13.7. The molecule has 62 heavy (non-hydrogen) atoms. The standard InChI is InChI=1S/C35H48FN9O13P2S2/c1-34(2,3)32(47)51-15-61-59(49)53-10-19-24(46)27(25(55-19)17-7-8-18-22(39-9-17)28(37)41-12-40-18)58-60(50,62-16-52-33(48)35(4,5)6)54-11-20-26(57-59)21(36)31(56-20)45-14-44-23-29(38)42-13-43-30(23)45/h9,12-14,17,19-21,24-27,31,46H,7-8,10-11,15-16H2,1-6H3,(H2,37,40,41)(H2,38,42,43)/t17?,19-,20-,21?,24?,25+,26?,27?,31-,59?,60?/m1/s1. The van der Waals surface area contributed by atoms with Crippen molar-refractivity contribution < 1.29 is 65.3 Å². The molecule has 11 atom stereocenters. The molecule has 5 N–H and O–H groups in total. The van der Waals surface area contributed by atoms with E-state index in [-0.39, 0.29) is 22.8 Å². The fourth-order valence-corrected chi connectivity index (χ4v) is 12.3. The first-order valence-corrected chi connectivity index (χ1v) is 25.6. The smallest absolute Gasteiger partial charge is 0.392 e. The van der Waals surface area contributed by atoms with E-state index in [9.17, 15) is 23.8 Å². The van der Waals surface area contributed by atoms with Crippen molar-refractivity contribution in [1.82, 2.24) is 29.5 Å². The van der Waals surface area contributed by atoms with E-state index < -0.39 is 116 Å². The molecule has 340 valence electrons. The number of ether oxygens (including phenoxy) is 4. The molecule has 0 amide bonds. The van der Waals surface area contributed by atoms with Crippen LogP contribution in [0.1, 0.15) is 59.9 Å². The van der Waals surface area contributed by atoms with Crippen LogP contribution in [0.25, 0.3) is 11.2 Å². The van der Waals surface area contributed by atoms with Gasteiger partial charge in [-0.3, -0.25) is 37.2 Å². The molecule has 0 aromatic carbocycles. The van der Waals surface area contributed by atoms with Gasteiger partial charge in [-0.2, -0.15) is 0 Å². The van der Waals surface area contributed by atoms with Crippen LogP contribution in [-0.4, -0.2) is 121 Å². The number of nitrogens with two attached hydrogens (primary N) is 2. The summed E-state index contributed by atoms with van der Waals surface area (Å²) in [7, 11) is 0. The van der Waals surface area contributed by atoms with Gasteiger partial charge in [0.15, 0.2) is 29.7 Å². The van der Waals surface area contributed by atoms with Gasteiger partial charge in [0.05, 0.1) is 42.2 Å². The van der Waals surface area contributed by atoms with Gasteiger partial charge in [-0.25, -0.2) is 38.4 Å². The summed E-state index contributed by atoms with van der Waals surface area (Å²) in [5.41, 5.74) is 11.4. The summed E-state index contributed by atoms with van der Waals surface area (Å²) in [6.07, 6.45) is -6.53. The molecule has 2 bridgehead atoms. The van der Waals surface area contributed by atoms with Crippen molar-refractivity contribution in [3.8, 4) is 0 Å². The lowest BCUT2D eigenvalue weighted by Crippen LogP contribution is -2.39. The van der Waals surface area contributed by atoms with Gasteiger partial charge < -0.3 is 35.5 Å². The number of aliphatic imine (C=N–C) groups is 1. The van der Waals surface area contributed by atoms with Crippen molar-refractivity contribution >= 4 is 83.0 Å². The Balaban J connectivity index is 1.24. The maximum atomic E-state index is 16.9. The van der Waals surface area contributed by atoms with E-state index in [0.29, 0.717) is 47.0 Å². The quantitative estimate of drug-likeness (QED) is 0.157. The normalized spacial score (nSPS) is 33.1. The van der Waals surface area contributed by atoms with Crippen molar-refractivity contribution in [1.29, 1.82) is 0 Å². The summed E-state index contributed by atoms with van der Waals surface area (Å²) in [5.74, 6) is -2.78. The first-order valence-electron chi connectivity index (χ1n) is 19.4. The molecule has 3 aromatic rings. The molecular formula is C35H48FN9O13P2S2. The Labute approximate surface area is 363 Å². The number of rotatable bonds is 8. The first kappa shape index (κ1) is 46.6. The molecule has 4 aliphatic rings. The number of imidazole rings is 1. The third-order valence-electron chi connectivity index (χ3n) is 10.1. The van der Waals surface area contributed by atoms with Crippen molar-refractivity contribution in [2.24, 2.45) is 21.7 Å². The van der Waals surface area contributed by atoms with Crippen LogP contribution < -0.4 is 11.5 Å². The minimum Gasteiger partial charge on any atom is -0.454 e. The van der Waals surface area contributed by atoms with Crippen molar-refractivity contribution in [2.75, 3.05) is 36.6 Å². The molecule has 0 aliphatic carbocycles. The number of aryl methyl sites for hydroxylation is 1. The molecule has 0 saturated carbocycles. The van der Waals surface area contributed by atoms with Crippen molar-refractivity contribution in [3.63, 3.8) is 0 Å². The molecule has 3 saturated heterocycles. The molecule has 3 aromatic heterocycles. The topological polar surface area (TPSA) is 296 Å². The Morgan fingerprint density at radius 2 is 1.45 bits per heavy atom. The van der Waals surface area contributed by atoms with Gasteiger partial charge in [-0.05, 0) is 54.4 Å². The van der Waals surface area contributed by atoms with Gasteiger partial charge in [0.1, 0.15) is 66.3 Å². The third kappa shape index (κ3) is 10.1. The number of nitrogens with zero attached hydrogens (tertiary/aromatic N) is 7. The second kappa shape index (κ2) is 18.3. The summed E-state index contributed by atoms with van der Waals surface area (Å²) in [4.78, 5) is 50.6. The highest BCUT2D eigenvalue weighted by atomic mass is 32.7. The average Bonchev–Trinajstić information content (AvgIpc) is 3.79. The zero-order valence-electron chi connectivity index (χ0n) is 34.5. The number of alkyl halides is 1. The highest BCUT2D eigenvalue weighted by molar-refractivity contribution is 8.55. The van der Waals surface area contributed by atoms with Gasteiger partial charge in [0.25, 0.3) is 0 Å². The lowest BCUT2D eigenvalue weighted by molar-refractivity contribution is -0.151. The van der Waals surface area contributed by atoms with Crippen LogP contribution in [-0.2, 0) is 62.2 Å². The first-order chi connectivity index (χ1) is 29.2. The van der Waals surface area contributed by atoms with Gasteiger partial charge >= 0.3 is 25.5 Å². The number of halogens is 1. The Morgan fingerprint density at radius 3 is 2.10 bits per heavy atom. The predicted octanol–water partition coefficient (Wildman–Crippen LogP) is 4.70. The summed E-state index contributed by atoms with van der Waals surface area (Å²) >= 11 is 0.945. The molecule has 0 radical (unpaired) electrons. The molecule has 7 heterocycles. The molecule has 7 rings (SSSR count). The van der Waals surface area contributed by atoms with Gasteiger partial charge in [-0.1, -0.05) is 0 Å². The van der Waals surface area contributed by atoms with E-state index in [2.05, 4.69) is 29.9 Å². The Bertz CT molecular complexity index is 2280. The molecule has 4 aliphatic heterocycles. The molecule has 22 nitrogen and oxygen atoms in total. The predicted molar refractivity (Wildman–Crippen MR) is 222 cm³/mol. The van der Waals surface area contributed by atoms with Gasteiger partial charge in [-0.15, -0.1) is 0 Å². The SMILES string of the molecule is CC(C)(C)C(=O)OCSP1(=O)OC[C@H]2O[C@@H](n3cnc4c(N)ncnc43)C(F)C2OP(=O)(SCOC(=O)C(C)(C)C)OC[C@H]2O[C@@H](C3C=Nc4c(N)ncnc4CC3)C(O1)C2O. The van der Waals surface area contributed by atoms with Crippen LogP contribution >= 0.6 is 36.4 Å². The van der Waals surface area contributed by atoms with Crippen LogP contribution in [0.5, 0.6) is 0 Å². The minimum atomic E-state index is -4.62. The van der Waals surface area contributed by atoms with E-state index in [4.69, 9.17) is 48.5 Å². The second-order valence-electron chi connectivity index (χ2n) is 16.7. The fourth-order valence-electron chi connectivity index (χ4n) is 6.70. The molecule has 0 spiro atoms. The maximum absolute atomic E-state index is 16.9. The van der Waals surface area contributed by atoms with Crippen LogP contribution in [0.4, 0.5) is 21.7 Å². The number of aliphatic hydroxyl groups excluding tert-OH is 1. The minimum absolute atomic E-state index is 0.0143. The van der Waals surface area contributed by atoms with E-state index in [1.165, 1.54) is 17.2 Å². The Hall–Kier alpha value is -3.35. The van der Waals surface area contributed by atoms with E-state index in [1.54, 1.807) is 47.8 Å². The van der Waals surface area contributed by atoms with E-state index in [1.807, 2.05) is 0 Å². The fraction of sp³-hybridized carbons (Fsp3) is 0.657. The molecular weight excluding hydrogens is 900 g/mol. The summed E-state index contributed by atoms with van der Waals surface area (Å²) in [6, 6.07) is 0. The number of anilines is 2. The lowest BCUT2D eigenvalue weighted by Gasteiger charge is -2.30. The Morgan fingerprint density at radius 1 is 0.855 bits per heavy atom. The summed E-state index contributed by atoms with van der Waals surface area (Å²) in [5, 5.41) is 11.9. The number of hydrogen-bond acceptors (Lipinski definition) is 23.